The molecule has 0 amide bonds. The second kappa shape index (κ2) is 4.98. The van der Waals surface area contributed by atoms with Crippen LogP contribution in [0.1, 0.15) is 19.4 Å². The van der Waals surface area contributed by atoms with E-state index in [0.717, 1.165) is 11.3 Å². The lowest BCUT2D eigenvalue weighted by atomic mass is 10.2. The van der Waals surface area contributed by atoms with Crippen LogP contribution < -0.4 is 11.5 Å². The maximum atomic E-state index is 5.68. The van der Waals surface area contributed by atoms with Gasteiger partial charge < -0.3 is 16.2 Å². The number of rotatable bonds is 4. The van der Waals surface area contributed by atoms with Gasteiger partial charge in [-0.15, -0.1) is 0 Å². The van der Waals surface area contributed by atoms with E-state index in [2.05, 4.69) is 0 Å². The molecule has 1 aromatic carbocycles. The first kappa shape index (κ1) is 11.0. The maximum absolute atomic E-state index is 5.68. The van der Waals surface area contributed by atoms with Gasteiger partial charge in [-0.05, 0) is 31.5 Å². The summed E-state index contributed by atoms with van der Waals surface area (Å²) in [5.74, 6) is 0. The van der Waals surface area contributed by atoms with Crippen molar-refractivity contribution in [1.29, 1.82) is 0 Å². The summed E-state index contributed by atoms with van der Waals surface area (Å²) < 4.78 is 5.56. The standard InChI is InChI=1S/C11H18N2O/c1-8(12)9(2)14-7-10-4-3-5-11(13)6-10/h3-6,8-9H,7,12-13H2,1-2H3. The molecule has 14 heavy (non-hydrogen) atoms. The van der Waals surface area contributed by atoms with Crippen LogP contribution in [0.5, 0.6) is 0 Å². The normalized spacial score (nSPS) is 15.1. The highest BCUT2D eigenvalue weighted by molar-refractivity contribution is 5.40. The Morgan fingerprint density at radius 1 is 1.36 bits per heavy atom. The number of nitrogen functional groups attached to an aromatic ring is 1. The molecule has 0 heterocycles. The van der Waals surface area contributed by atoms with Gasteiger partial charge in [0.05, 0.1) is 12.7 Å². The Morgan fingerprint density at radius 3 is 2.64 bits per heavy atom. The predicted octanol–water partition coefficient (Wildman–Crippen LogP) is 1.52. The van der Waals surface area contributed by atoms with Gasteiger partial charge in [0, 0.05) is 11.7 Å². The van der Waals surface area contributed by atoms with Crippen molar-refractivity contribution in [2.45, 2.75) is 32.6 Å². The summed E-state index contributed by atoms with van der Waals surface area (Å²) in [5.41, 5.74) is 13.2. The molecular formula is C11H18N2O. The molecule has 0 aromatic heterocycles. The fourth-order valence-corrected chi connectivity index (χ4v) is 1.06. The van der Waals surface area contributed by atoms with Gasteiger partial charge in [-0.3, -0.25) is 0 Å². The Kier molecular flexibility index (Phi) is 3.92. The predicted molar refractivity (Wildman–Crippen MR) is 58.8 cm³/mol. The Balaban J connectivity index is 2.45. The van der Waals surface area contributed by atoms with E-state index >= 15 is 0 Å². The van der Waals surface area contributed by atoms with E-state index in [1.165, 1.54) is 0 Å². The van der Waals surface area contributed by atoms with Crippen molar-refractivity contribution in [3.63, 3.8) is 0 Å². The Hall–Kier alpha value is -1.06. The molecule has 2 atom stereocenters. The summed E-state index contributed by atoms with van der Waals surface area (Å²) in [4.78, 5) is 0. The summed E-state index contributed by atoms with van der Waals surface area (Å²) in [5, 5.41) is 0. The minimum Gasteiger partial charge on any atom is -0.399 e. The second-order valence-electron chi connectivity index (χ2n) is 3.62. The number of benzene rings is 1. The molecule has 1 aromatic rings. The Bertz CT molecular complexity index is 286. The van der Waals surface area contributed by atoms with Crippen LogP contribution in [0.15, 0.2) is 24.3 Å². The van der Waals surface area contributed by atoms with Crippen LogP contribution in [-0.4, -0.2) is 12.1 Å². The SMILES string of the molecule is CC(N)C(C)OCc1cccc(N)c1. The largest absolute Gasteiger partial charge is 0.399 e. The Morgan fingerprint density at radius 2 is 2.07 bits per heavy atom. The first-order chi connectivity index (χ1) is 6.59. The van der Waals surface area contributed by atoms with Crippen molar-refractivity contribution >= 4 is 5.69 Å². The average Bonchev–Trinajstić information content (AvgIpc) is 2.14. The highest BCUT2D eigenvalue weighted by Gasteiger charge is 2.07. The smallest absolute Gasteiger partial charge is 0.0722 e. The molecule has 4 N–H and O–H groups in total. The van der Waals surface area contributed by atoms with Gasteiger partial charge in [-0.25, -0.2) is 0 Å². The number of hydrogen-bond acceptors (Lipinski definition) is 3. The van der Waals surface area contributed by atoms with E-state index in [9.17, 15) is 0 Å². The molecule has 0 bridgehead atoms. The third-order valence-corrected chi connectivity index (χ3v) is 2.20. The van der Waals surface area contributed by atoms with E-state index in [1.807, 2.05) is 38.1 Å². The van der Waals surface area contributed by atoms with E-state index < -0.39 is 0 Å². The van der Waals surface area contributed by atoms with Crippen LogP contribution in [0, 0.1) is 0 Å². The second-order valence-corrected chi connectivity index (χ2v) is 3.62. The van der Waals surface area contributed by atoms with E-state index in [0.29, 0.717) is 6.61 Å². The number of anilines is 1. The highest BCUT2D eigenvalue weighted by atomic mass is 16.5. The molecule has 0 fully saturated rings. The first-order valence-corrected chi connectivity index (χ1v) is 4.81. The summed E-state index contributed by atoms with van der Waals surface area (Å²) in [6.45, 7) is 4.47. The third-order valence-electron chi connectivity index (χ3n) is 2.20. The van der Waals surface area contributed by atoms with Gasteiger partial charge >= 0.3 is 0 Å². The molecule has 0 aliphatic rings. The lowest BCUT2D eigenvalue weighted by Crippen LogP contribution is -2.31. The fourth-order valence-electron chi connectivity index (χ4n) is 1.06. The van der Waals surface area contributed by atoms with E-state index in [-0.39, 0.29) is 12.1 Å². The monoisotopic (exact) mass is 194 g/mol. The van der Waals surface area contributed by atoms with Crippen molar-refractivity contribution in [3.05, 3.63) is 29.8 Å². The van der Waals surface area contributed by atoms with Gasteiger partial charge in [-0.2, -0.15) is 0 Å². The highest BCUT2D eigenvalue weighted by Crippen LogP contribution is 2.09. The molecule has 0 saturated carbocycles. The number of hydrogen-bond donors (Lipinski definition) is 2. The molecule has 3 nitrogen and oxygen atoms in total. The third kappa shape index (κ3) is 3.36. The zero-order chi connectivity index (χ0) is 10.6. The van der Waals surface area contributed by atoms with Crippen LogP contribution in [0.25, 0.3) is 0 Å². The molecule has 0 aliphatic carbocycles. The number of ether oxygens (including phenoxy) is 1. The van der Waals surface area contributed by atoms with Crippen LogP contribution >= 0.6 is 0 Å². The van der Waals surface area contributed by atoms with Crippen molar-refractivity contribution in [2.75, 3.05) is 5.73 Å². The number of nitrogens with two attached hydrogens (primary N) is 2. The van der Waals surface area contributed by atoms with Gasteiger partial charge in [0.25, 0.3) is 0 Å². The summed E-state index contributed by atoms with van der Waals surface area (Å²) in [6, 6.07) is 7.73. The molecule has 0 spiro atoms. The molecule has 0 saturated heterocycles. The van der Waals surface area contributed by atoms with Crippen molar-refractivity contribution in [1.82, 2.24) is 0 Å². The minimum absolute atomic E-state index is 0.0519. The quantitative estimate of drug-likeness (QED) is 0.714. The minimum atomic E-state index is 0.0519. The van der Waals surface area contributed by atoms with Crippen LogP contribution in [-0.2, 0) is 11.3 Å². The van der Waals surface area contributed by atoms with Crippen molar-refractivity contribution in [3.8, 4) is 0 Å². The van der Waals surface area contributed by atoms with E-state index in [4.69, 9.17) is 16.2 Å². The molecule has 3 heteroatoms. The van der Waals surface area contributed by atoms with Crippen LogP contribution in [0.3, 0.4) is 0 Å². The summed E-state index contributed by atoms with van der Waals surface area (Å²) in [7, 11) is 0. The lowest BCUT2D eigenvalue weighted by molar-refractivity contribution is 0.0398. The molecule has 0 radical (unpaired) electrons. The Labute approximate surface area is 85.0 Å². The molecule has 0 aliphatic heterocycles. The van der Waals surface area contributed by atoms with Gasteiger partial charge in [0.2, 0.25) is 0 Å². The fraction of sp³-hybridized carbons (Fsp3) is 0.455. The first-order valence-electron chi connectivity index (χ1n) is 4.81. The average molecular weight is 194 g/mol. The zero-order valence-electron chi connectivity index (χ0n) is 8.73. The van der Waals surface area contributed by atoms with Gasteiger partial charge in [-0.1, -0.05) is 12.1 Å². The maximum Gasteiger partial charge on any atom is 0.0722 e. The van der Waals surface area contributed by atoms with E-state index in [1.54, 1.807) is 0 Å². The molecular weight excluding hydrogens is 176 g/mol. The zero-order valence-corrected chi connectivity index (χ0v) is 8.73. The van der Waals surface area contributed by atoms with Crippen LogP contribution in [0.4, 0.5) is 5.69 Å². The lowest BCUT2D eigenvalue weighted by Gasteiger charge is -2.16. The van der Waals surface area contributed by atoms with Gasteiger partial charge in [0.1, 0.15) is 0 Å². The van der Waals surface area contributed by atoms with Crippen molar-refractivity contribution < 1.29 is 4.74 Å². The molecule has 78 valence electrons. The molecule has 2 unspecified atom stereocenters. The molecule has 1 rings (SSSR count). The van der Waals surface area contributed by atoms with Crippen molar-refractivity contribution in [2.24, 2.45) is 5.73 Å². The summed E-state index contributed by atoms with van der Waals surface area (Å²) >= 11 is 0. The van der Waals surface area contributed by atoms with Crippen LogP contribution in [0.2, 0.25) is 0 Å². The summed E-state index contributed by atoms with van der Waals surface area (Å²) in [6.07, 6.45) is 0.0661. The van der Waals surface area contributed by atoms with Gasteiger partial charge in [0.15, 0.2) is 0 Å². The topological polar surface area (TPSA) is 61.3 Å².